The van der Waals surface area contributed by atoms with E-state index >= 15 is 0 Å². The number of allylic oxidation sites excluding steroid dienone is 4. The maximum Gasteiger partial charge on any atom is 0.0553 e. The number of hydrogen-bond donors (Lipinski definition) is 0. The molecule has 0 radical (unpaired) electrons. The third kappa shape index (κ3) is 1.36. The molecule has 0 saturated heterocycles. The molecule has 0 bridgehead atoms. The first-order valence-corrected chi connectivity index (χ1v) is 2.80. The van der Waals surface area contributed by atoms with Gasteiger partial charge in [-0.1, -0.05) is 24.3 Å². The molecule has 1 aliphatic rings. The summed E-state index contributed by atoms with van der Waals surface area (Å²) >= 11 is 5.68. The highest BCUT2D eigenvalue weighted by Gasteiger charge is 1.95. The maximum absolute atomic E-state index is 5.68. The second-order valence-corrected chi connectivity index (χ2v) is 2.13. The molecule has 0 spiro atoms. The minimum Gasteiger partial charge on any atom is -0.118 e. The SMILES string of the molecule is Cl[C@H]1C=CC=CC1. The molecule has 0 fully saturated rings. The van der Waals surface area contributed by atoms with Gasteiger partial charge >= 0.3 is 0 Å². The van der Waals surface area contributed by atoms with E-state index in [1.807, 2.05) is 18.2 Å². The number of hydrogen-bond acceptors (Lipinski definition) is 0. The monoisotopic (exact) mass is 114 g/mol. The van der Waals surface area contributed by atoms with Gasteiger partial charge in [-0.3, -0.25) is 0 Å². The van der Waals surface area contributed by atoms with Crippen LogP contribution in [0, 0.1) is 0 Å². The first kappa shape index (κ1) is 4.92. The van der Waals surface area contributed by atoms with Crippen molar-refractivity contribution in [2.45, 2.75) is 11.8 Å². The molecule has 0 aromatic carbocycles. The zero-order valence-corrected chi connectivity index (χ0v) is 4.73. The summed E-state index contributed by atoms with van der Waals surface area (Å²) in [6, 6.07) is 0. The van der Waals surface area contributed by atoms with Gasteiger partial charge in [0.15, 0.2) is 0 Å². The van der Waals surface area contributed by atoms with E-state index in [4.69, 9.17) is 11.6 Å². The van der Waals surface area contributed by atoms with Crippen molar-refractivity contribution in [2.24, 2.45) is 0 Å². The molecule has 1 aliphatic carbocycles. The van der Waals surface area contributed by atoms with Gasteiger partial charge in [0.05, 0.1) is 5.38 Å². The number of halogens is 1. The van der Waals surface area contributed by atoms with Crippen LogP contribution in [0.25, 0.3) is 0 Å². The molecule has 38 valence electrons. The average Bonchev–Trinajstić information content (AvgIpc) is 1.69. The lowest BCUT2D eigenvalue weighted by Crippen LogP contribution is -1.91. The standard InChI is InChI=1S/C6H7Cl/c7-6-4-2-1-3-5-6/h1-4,6H,5H2/t6-/m0/s1. The van der Waals surface area contributed by atoms with Gasteiger partial charge in [-0.2, -0.15) is 0 Å². The van der Waals surface area contributed by atoms with E-state index in [0.717, 1.165) is 6.42 Å². The van der Waals surface area contributed by atoms with E-state index in [1.165, 1.54) is 0 Å². The van der Waals surface area contributed by atoms with Gasteiger partial charge in [0.1, 0.15) is 0 Å². The van der Waals surface area contributed by atoms with Crippen LogP contribution in [0.15, 0.2) is 24.3 Å². The predicted octanol–water partition coefficient (Wildman–Crippen LogP) is 2.11. The predicted molar refractivity (Wildman–Crippen MR) is 32.5 cm³/mol. The van der Waals surface area contributed by atoms with Crippen molar-refractivity contribution in [1.29, 1.82) is 0 Å². The molecule has 0 amide bonds. The second kappa shape index (κ2) is 2.17. The largest absolute Gasteiger partial charge is 0.118 e. The topological polar surface area (TPSA) is 0 Å². The van der Waals surface area contributed by atoms with Crippen molar-refractivity contribution < 1.29 is 0 Å². The zero-order valence-electron chi connectivity index (χ0n) is 3.97. The van der Waals surface area contributed by atoms with Crippen molar-refractivity contribution in [3.63, 3.8) is 0 Å². The molecule has 1 rings (SSSR count). The smallest absolute Gasteiger partial charge is 0.0553 e. The van der Waals surface area contributed by atoms with E-state index in [-0.39, 0.29) is 5.38 Å². The first-order chi connectivity index (χ1) is 3.39. The lowest BCUT2D eigenvalue weighted by Gasteiger charge is -1.99. The highest BCUT2D eigenvalue weighted by Crippen LogP contribution is 2.08. The van der Waals surface area contributed by atoms with Crippen LogP contribution in [0.3, 0.4) is 0 Å². The molecule has 0 aromatic heterocycles. The Morgan fingerprint density at radius 3 is 2.57 bits per heavy atom. The lowest BCUT2D eigenvalue weighted by atomic mass is 10.2. The molecule has 1 atom stereocenters. The molecule has 7 heavy (non-hydrogen) atoms. The Morgan fingerprint density at radius 1 is 1.43 bits per heavy atom. The van der Waals surface area contributed by atoms with Gasteiger partial charge in [-0.25, -0.2) is 0 Å². The fourth-order valence-corrected chi connectivity index (χ4v) is 0.737. The highest BCUT2D eigenvalue weighted by molar-refractivity contribution is 6.21. The molecular formula is C6H7Cl. The molecule has 0 unspecified atom stereocenters. The third-order valence-electron chi connectivity index (χ3n) is 0.928. The van der Waals surface area contributed by atoms with Crippen molar-refractivity contribution in [3.8, 4) is 0 Å². The van der Waals surface area contributed by atoms with Crippen LogP contribution >= 0.6 is 11.6 Å². The van der Waals surface area contributed by atoms with Gasteiger partial charge in [-0.05, 0) is 6.42 Å². The Kier molecular flexibility index (Phi) is 1.53. The Labute approximate surface area is 48.5 Å². The molecular weight excluding hydrogens is 108 g/mol. The van der Waals surface area contributed by atoms with Crippen molar-refractivity contribution in [3.05, 3.63) is 24.3 Å². The fraction of sp³-hybridized carbons (Fsp3) is 0.333. The normalized spacial score (nSPS) is 28.4. The summed E-state index contributed by atoms with van der Waals surface area (Å²) in [5.41, 5.74) is 0. The van der Waals surface area contributed by atoms with Crippen LogP contribution in [-0.2, 0) is 0 Å². The number of rotatable bonds is 0. The summed E-state index contributed by atoms with van der Waals surface area (Å²) in [5.74, 6) is 0. The summed E-state index contributed by atoms with van der Waals surface area (Å²) in [5, 5.41) is 0.241. The Hall–Kier alpha value is -0.230. The molecule has 1 heteroatoms. The lowest BCUT2D eigenvalue weighted by molar-refractivity contribution is 1.04. The summed E-state index contributed by atoms with van der Waals surface area (Å²) in [7, 11) is 0. The summed E-state index contributed by atoms with van der Waals surface area (Å²) in [6.07, 6.45) is 9.03. The van der Waals surface area contributed by atoms with Crippen LogP contribution in [0.1, 0.15) is 6.42 Å². The van der Waals surface area contributed by atoms with Crippen molar-refractivity contribution in [2.75, 3.05) is 0 Å². The molecule has 0 aromatic rings. The minimum atomic E-state index is 0.241. The van der Waals surface area contributed by atoms with Gasteiger partial charge in [-0.15, -0.1) is 11.6 Å². The summed E-state index contributed by atoms with van der Waals surface area (Å²) in [6.45, 7) is 0. The molecule has 0 N–H and O–H groups in total. The van der Waals surface area contributed by atoms with E-state index < -0.39 is 0 Å². The van der Waals surface area contributed by atoms with Crippen molar-refractivity contribution >= 4 is 11.6 Å². The van der Waals surface area contributed by atoms with E-state index in [2.05, 4.69) is 6.08 Å². The van der Waals surface area contributed by atoms with Crippen LogP contribution in [0.5, 0.6) is 0 Å². The van der Waals surface area contributed by atoms with Gasteiger partial charge in [0.2, 0.25) is 0 Å². The van der Waals surface area contributed by atoms with E-state index in [1.54, 1.807) is 0 Å². The second-order valence-electron chi connectivity index (χ2n) is 1.56. The molecule has 0 aliphatic heterocycles. The Balaban J connectivity index is 2.49. The van der Waals surface area contributed by atoms with Crippen LogP contribution in [0.2, 0.25) is 0 Å². The number of alkyl halides is 1. The highest BCUT2D eigenvalue weighted by atomic mass is 35.5. The first-order valence-electron chi connectivity index (χ1n) is 2.37. The quantitative estimate of drug-likeness (QED) is 0.423. The molecule has 0 nitrogen and oxygen atoms in total. The summed E-state index contributed by atoms with van der Waals surface area (Å²) < 4.78 is 0. The van der Waals surface area contributed by atoms with Crippen LogP contribution in [-0.4, -0.2) is 5.38 Å². The van der Waals surface area contributed by atoms with E-state index in [9.17, 15) is 0 Å². The Bertz CT molecular complexity index is 103. The summed E-state index contributed by atoms with van der Waals surface area (Å²) in [4.78, 5) is 0. The average molecular weight is 115 g/mol. The third-order valence-corrected chi connectivity index (χ3v) is 1.25. The maximum atomic E-state index is 5.68. The minimum absolute atomic E-state index is 0.241. The fourth-order valence-electron chi connectivity index (χ4n) is 0.550. The van der Waals surface area contributed by atoms with Crippen LogP contribution in [0.4, 0.5) is 0 Å². The Morgan fingerprint density at radius 2 is 2.29 bits per heavy atom. The van der Waals surface area contributed by atoms with Gasteiger partial charge in [0, 0.05) is 0 Å². The van der Waals surface area contributed by atoms with E-state index in [0.29, 0.717) is 0 Å². The molecule has 0 heterocycles. The van der Waals surface area contributed by atoms with Crippen LogP contribution < -0.4 is 0 Å². The van der Waals surface area contributed by atoms with Gasteiger partial charge in [0.25, 0.3) is 0 Å². The zero-order chi connectivity index (χ0) is 5.11. The van der Waals surface area contributed by atoms with Gasteiger partial charge < -0.3 is 0 Å². The van der Waals surface area contributed by atoms with Crippen molar-refractivity contribution in [1.82, 2.24) is 0 Å². The molecule has 0 saturated carbocycles.